The molecule has 2 N–H and O–H groups in total. The largest absolute Gasteiger partial charge is 0.394 e. The van der Waals surface area contributed by atoms with Gasteiger partial charge in [0, 0.05) is 17.8 Å². The number of carbonyl (C=O) groups excluding carboxylic acids is 2. The Morgan fingerprint density at radius 1 is 1.28 bits per heavy atom. The van der Waals surface area contributed by atoms with E-state index < -0.39 is 23.9 Å². The fourth-order valence-electron chi connectivity index (χ4n) is 3.44. The van der Waals surface area contributed by atoms with Crippen molar-refractivity contribution in [3.8, 4) is 0 Å². The minimum Gasteiger partial charge on any atom is -0.394 e. The maximum Gasteiger partial charge on any atom is 0.255 e. The SMILES string of the molecule is CC(C)CN1C(=O)COC(c2ccc(NC(=O)c3cccc(F)c3)cc2)C1CO. The molecule has 0 saturated carbocycles. The van der Waals surface area contributed by atoms with E-state index in [1.54, 1.807) is 29.2 Å². The van der Waals surface area contributed by atoms with E-state index in [4.69, 9.17) is 4.74 Å². The van der Waals surface area contributed by atoms with Gasteiger partial charge in [-0.3, -0.25) is 9.59 Å². The van der Waals surface area contributed by atoms with Crippen molar-refractivity contribution in [3.63, 3.8) is 0 Å². The molecule has 0 aromatic heterocycles. The Bertz CT molecular complexity index is 869. The molecular formula is C22H25FN2O4. The Labute approximate surface area is 169 Å². The van der Waals surface area contributed by atoms with Crippen molar-refractivity contribution in [2.24, 2.45) is 5.92 Å². The number of benzene rings is 2. The highest BCUT2D eigenvalue weighted by Gasteiger charge is 2.37. The second-order valence-electron chi connectivity index (χ2n) is 7.51. The van der Waals surface area contributed by atoms with Crippen molar-refractivity contribution in [3.05, 3.63) is 65.5 Å². The summed E-state index contributed by atoms with van der Waals surface area (Å²) in [6.45, 7) is 4.34. The van der Waals surface area contributed by atoms with Crippen molar-refractivity contribution in [2.75, 3.05) is 25.1 Å². The van der Waals surface area contributed by atoms with Crippen LogP contribution in [0.2, 0.25) is 0 Å². The quantitative estimate of drug-likeness (QED) is 0.781. The highest BCUT2D eigenvalue weighted by Crippen LogP contribution is 2.30. The first kappa shape index (κ1) is 21.0. The summed E-state index contributed by atoms with van der Waals surface area (Å²) in [6, 6.07) is 12.0. The summed E-state index contributed by atoms with van der Waals surface area (Å²) in [5, 5.41) is 12.6. The lowest BCUT2D eigenvalue weighted by Gasteiger charge is -2.41. The maximum atomic E-state index is 13.3. The lowest BCUT2D eigenvalue weighted by atomic mass is 9.98. The molecule has 1 aliphatic rings. The van der Waals surface area contributed by atoms with E-state index >= 15 is 0 Å². The van der Waals surface area contributed by atoms with E-state index in [1.165, 1.54) is 24.3 Å². The molecule has 2 atom stereocenters. The van der Waals surface area contributed by atoms with Gasteiger partial charge in [0.15, 0.2) is 0 Å². The van der Waals surface area contributed by atoms with E-state index in [0.29, 0.717) is 12.2 Å². The molecule has 2 aromatic rings. The van der Waals surface area contributed by atoms with Gasteiger partial charge in [-0.15, -0.1) is 0 Å². The van der Waals surface area contributed by atoms with Gasteiger partial charge in [-0.25, -0.2) is 4.39 Å². The lowest BCUT2D eigenvalue weighted by Crippen LogP contribution is -2.53. The van der Waals surface area contributed by atoms with E-state index in [0.717, 1.165) is 5.56 Å². The average Bonchev–Trinajstić information content (AvgIpc) is 2.70. The van der Waals surface area contributed by atoms with E-state index in [9.17, 15) is 19.1 Å². The highest BCUT2D eigenvalue weighted by molar-refractivity contribution is 6.04. The molecule has 3 rings (SSSR count). The van der Waals surface area contributed by atoms with E-state index in [2.05, 4.69) is 5.32 Å². The van der Waals surface area contributed by atoms with Crippen LogP contribution in [-0.4, -0.2) is 47.6 Å². The van der Waals surface area contributed by atoms with Crippen LogP contribution in [0, 0.1) is 11.7 Å². The normalized spacial score (nSPS) is 19.5. The molecule has 0 aliphatic carbocycles. The Morgan fingerprint density at radius 2 is 2.00 bits per heavy atom. The maximum absolute atomic E-state index is 13.3. The third kappa shape index (κ3) is 4.99. The zero-order chi connectivity index (χ0) is 21.0. The average molecular weight is 400 g/mol. The molecule has 1 fully saturated rings. The number of hydrogen-bond donors (Lipinski definition) is 2. The predicted octanol–water partition coefficient (Wildman–Crippen LogP) is 2.99. The molecule has 2 amide bonds. The summed E-state index contributed by atoms with van der Waals surface area (Å²) in [7, 11) is 0. The summed E-state index contributed by atoms with van der Waals surface area (Å²) in [6.07, 6.45) is -0.454. The second-order valence-corrected chi connectivity index (χ2v) is 7.51. The monoisotopic (exact) mass is 400 g/mol. The standard InChI is InChI=1S/C22H25FN2O4/c1-14(2)11-25-19(12-26)21(29-13-20(25)27)15-6-8-18(9-7-15)24-22(28)16-4-3-5-17(23)10-16/h3-10,14,19,21,26H,11-13H2,1-2H3,(H,24,28). The van der Waals surface area contributed by atoms with Crippen LogP contribution < -0.4 is 5.32 Å². The Kier molecular flexibility index (Phi) is 6.61. The van der Waals surface area contributed by atoms with Crippen molar-refractivity contribution >= 4 is 17.5 Å². The molecule has 0 radical (unpaired) electrons. The van der Waals surface area contributed by atoms with Crippen LogP contribution in [0.15, 0.2) is 48.5 Å². The molecule has 154 valence electrons. The zero-order valence-electron chi connectivity index (χ0n) is 16.5. The number of nitrogens with one attached hydrogen (secondary N) is 1. The van der Waals surface area contributed by atoms with Gasteiger partial charge >= 0.3 is 0 Å². The number of anilines is 1. The molecule has 2 unspecified atom stereocenters. The molecule has 7 heteroatoms. The molecular weight excluding hydrogens is 375 g/mol. The molecule has 1 saturated heterocycles. The first-order valence-corrected chi connectivity index (χ1v) is 9.58. The van der Waals surface area contributed by atoms with Gasteiger partial charge < -0.3 is 20.1 Å². The first-order chi connectivity index (χ1) is 13.9. The van der Waals surface area contributed by atoms with Gasteiger partial charge in [0.05, 0.1) is 12.6 Å². The Balaban J connectivity index is 1.73. The number of carbonyl (C=O) groups is 2. The summed E-state index contributed by atoms with van der Waals surface area (Å²) in [5.74, 6) is -0.744. The zero-order valence-corrected chi connectivity index (χ0v) is 16.5. The molecule has 0 spiro atoms. The van der Waals surface area contributed by atoms with Gasteiger partial charge in [0.25, 0.3) is 5.91 Å². The van der Waals surface area contributed by atoms with Gasteiger partial charge in [-0.2, -0.15) is 0 Å². The van der Waals surface area contributed by atoms with Crippen molar-refractivity contribution in [1.82, 2.24) is 4.90 Å². The minimum atomic E-state index is -0.474. The number of aliphatic hydroxyl groups excluding tert-OH is 1. The van der Waals surface area contributed by atoms with Crippen LogP contribution in [0.25, 0.3) is 0 Å². The van der Waals surface area contributed by atoms with E-state index in [-0.39, 0.29) is 30.6 Å². The number of hydrogen-bond acceptors (Lipinski definition) is 4. The number of amides is 2. The molecule has 2 aromatic carbocycles. The summed E-state index contributed by atoms with van der Waals surface area (Å²) >= 11 is 0. The molecule has 29 heavy (non-hydrogen) atoms. The van der Waals surface area contributed by atoms with Crippen LogP contribution in [0.3, 0.4) is 0 Å². The fraction of sp³-hybridized carbons (Fsp3) is 0.364. The minimum absolute atomic E-state index is 0.0358. The number of morpholine rings is 1. The van der Waals surface area contributed by atoms with Gasteiger partial charge in [0.2, 0.25) is 5.91 Å². The number of halogens is 1. The van der Waals surface area contributed by atoms with Crippen LogP contribution >= 0.6 is 0 Å². The van der Waals surface area contributed by atoms with Crippen LogP contribution in [-0.2, 0) is 9.53 Å². The second kappa shape index (κ2) is 9.15. The number of aliphatic hydroxyl groups is 1. The molecule has 1 heterocycles. The van der Waals surface area contributed by atoms with Crippen LogP contribution in [0.4, 0.5) is 10.1 Å². The smallest absolute Gasteiger partial charge is 0.255 e. The van der Waals surface area contributed by atoms with Crippen LogP contribution in [0.1, 0.15) is 35.9 Å². The summed E-state index contributed by atoms with van der Waals surface area (Å²) < 4.78 is 19.0. The third-order valence-corrected chi connectivity index (χ3v) is 4.79. The predicted molar refractivity (Wildman–Crippen MR) is 107 cm³/mol. The molecule has 1 aliphatic heterocycles. The number of nitrogens with zero attached hydrogens (tertiary/aromatic N) is 1. The van der Waals surface area contributed by atoms with Crippen molar-refractivity contribution < 1.29 is 23.8 Å². The molecule has 0 bridgehead atoms. The van der Waals surface area contributed by atoms with Crippen molar-refractivity contribution in [2.45, 2.75) is 26.0 Å². The highest BCUT2D eigenvalue weighted by atomic mass is 19.1. The molecule has 6 nitrogen and oxygen atoms in total. The van der Waals surface area contributed by atoms with E-state index in [1.807, 2.05) is 13.8 Å². The van der Waals surface area contributed by atoms with Gasteiger partial charge in [0.1, 0.15) is 18.5 Å². The van der Waals surface area contributed by atoms with Crippen molar-refractivity contribution in [1.29, 1.82) is 0 Å². The lowest BCUT2D eigenvalue weighted by molar-refractivity contribution is -0.161. The topological polar surface area (TPSA) is 78.9 Å². The number of ether oxygens (including phenoxy) is 1. The fourth-order valence-corrected chi connectivity index (χ4v) is 3.44. The van der Waals surface area contributed by atoms with Gasteiger partial charge in [-0.1, -0.05) is 32.0 Å². The van der Waals surface area contributed by atoms with Crippen LogP contribution in [0.5, 0.6) is 0 Å². The first-order valence-electron chi connectivity index (χ1n) is 9.58. The number of rotatable bonds is 6. The Hall–Kier alpha value is -2.77. The third-order valence-electron chi connectivity index (χ3n) is 4.79. The van der Waals surface area contributed by atoms with Gasteiger partial charge in [-0.05, 0) is 41.8 Å². The summed E-state index contributed by atoms with van der Waals surface area (Å²) in [4.78, 5) is 26.2. The summed E-state index contributed by atoms with van der Waals surface area (Å²) in [5.41, 5.74) is 1.58. The Morgan fingerprint density at radius 3 is 2.62 bits per heavy atom.